The van der Waals surface area contributed by atoms with Crippen LogP contribution in [0.4, 0.5) is 14.6 Å². The fraction of sp³-hybridized carbons (Fsp3) is 0.176. The van der Waals surface area contributed by atoms with Gasteiger partial charge < -0.3 is 9.64 Å². The number of rotatable bonds is 4. The second-order valence-electron chi connectivity index (χ2n) is 5.84. The maximum absolute atomic E-state index is 13.0. The zero-order valence-corrected chi connectivity index (χ0v) is 15.1. The Bertz CT molecular complexity index is 1190. The van der Waals surface area contributed by atoms with Crippen molar-refractivity contribution >= 4 is 37.6 Å². The molecule has 0 atom stereocenters. The number of nitrogens with zero attached hydrogens (tertiary/aromatic N) is 5. The molecule has 0 saturated heterocycles. The summed E-state index contributed by atoms with van der Waals surface area (Å²) >= 11 is 1.24. The Balaban J connectivity index is 1.87. The van der Waals surface area contributed by atoms with Crippen LogP contribution in [0.3, 0.4) is 0 Å². The number of halogens is 2. The molecule has 0 spiro atoms. The van der Waals surface area contributed by atoms with Crippen LogP contribution in [0.15, 0.2) is 41.7 Å². The van der Waals surface area contributed by atoms with E-state index in [2.05, 4.69) is 19.7 Å². The summed E-state index contributed by atoms with van der Waals surface area (Å²) in [4.78, 5) is 28.4. The van der Waals surface area contributed by atoms with Crippen molar-refractivity contribution in [3.63, 3.8) is 0 Å². The number of alkyl halides is 2. The highest BCUT2D eigenvalue weighted by atomic mass is 32.1. The van der Waals surface area contributed by atoms with E-state index in [9.17, 15) is 13.6 Å². The van der Waals surface area contributed by atoms with Crippen LogP contribution in [-0.2, 0) is 0 Å². The molecule has 3 aromatic heterocycles. The van der Waals surface area contributed by atoms with Crippen molar-refractivity contribution in [2.45, 2.75) is 6.61 Å². The van der Waals surface area contributed by atoms with E-state index in [-0.39, 0.29) is 11.3 Å². The number of aromatic nitrogens is 4. The van der Waals surface area contributed by atoms with Gasteiger partial charge in [0.2, 0.25) is 0 Å². The Morgan fingerprint density at radius 3 is 2.56 bits per heavy atom. The molecule has 4 aromatic rings. The van der Waals surface area contributed by atoms with Crippen LogP contribution in [0.25, 0.3) is 26.1 Å². The highest BCUT2D eigenvalue weighted by Gasteiger charge is 2.18. The Labute approximate surface area is 155 Å². The van der Waals surface area contributed by atoms with Gasteiger partial charge in [0, 0.05) is 14.1 Å². The lowest BCUT2D eigenvalue weighted by molar-refractivity contribution is -0.0498. The SMILES string of the molecule is CN(C)c1ncnc2sc3c(=O)n(-c4ccc(OC(F)F)cc4)cnc3c12. The Morgan fingerprint density at radius 1 is 1.15 bits per heavy atom. The maximum atomic E-state index is 13.0. The number of thiophene rings is 1. The molecule has 0 saturated carbocycles. The van der Waals surface area contributed by atoms with E-state index in [1.807, 2.05) is 19.0 Å². The van der Waals surface area contributed by atoms with Crippen molar-refractivity contribution in [2.24, 2.45) is 0 Å². The highest BCUT2D eigenvalue weighted by molar-refractivity contribution is 7.25. The van der Waals surface area contributed by atoms with Crippen molar-refractivity contribution in [1.29, 1.82) is 0 Å². The molecule has 4 rings (SSSR count). The molecule has 7 nitrogen and oxygen atoms in total. The van der Waals surface area contributed by atoms with E-state index >= 15 is 0 Å². The molecule has 0 aliphatic heterocycles. The van der Waals surface area contributed by atoms with E-state index in [4.69, 9.17) is 0 Å². The van der Waals surface area contributed by atoms with Crippen LogP contribution in [0, 0.1) is 0 Å². The third-order valence-corrected chi connectivity index (χ3v) is 5.00. The van der Waals surface area contributed by atoms with Crippen molar-refractivity contribution in [2.75, 3.05) is 19.0 Å². The summed E-state index contributed by atoms with van der Waals surface area (Å²) in [6, 6.07) is 5.79. The molecule has 0 bridgehead atoms. The number of ether oxygens (including phenoxy) is 1. The van der Waals surface area contributed by atoms with Crippen LogP contribution < -0.4 is 15.2 Å². The quantitative estimate of drug-likeness (QED) is 0.534. The summed E-state index contributed by atoms with van der Waals surface area (Å²) in [7, 11) is 3.71. The minimum atomic E-state index is -2.90. The second-order valence-corrected chi connectivity index (χ2v) is 6.84. The molecule has 0 unspecified atom stereocenters. The first-order valence-electron chi connectivity index (χ1n) is 7.83. The van der Waals surface area contributed by atoms with Gasteiger partial charge >= 0.3 is 6.61 Å². The van der Waals surface area contributed by atoms with Crippen LogP contribution in [-0.4, -0.2) is 40.2 Å². The van der Waals surface area contributed by atoms with Crippen molar-refractivity contribution < 1.29 is 13.5 Å². The van der Waals surface area contributed by atoms with Crippen molar-refractivity contribution in [3.8, 4) is 11.4 Å². The topological polar surface area (TPSA) is 73.1 Å². The average Bonchev–Trinajstić information content (AvgIpc) is 3.02. The summed E-state index contributed by atoms with van der Waals surface area (Å²) in [5.74, 6) is 0.702. The van der Waals surface area contributed by atoms with Gasteiger partial charge in [0.25, 0.3) is 5.56 Å². The molecular formula is C17H13F2N5O2S. The zero-order valence-electron chi connectivity index (χ0n) is 14.3. The molecule has 0 radical (unpaired) electrons. The van der Waals surface area contributed by atoms with Crippen LogP contribution in [0.1, 0.15) is 0 Å². The van der Waals surface area contributed by atoms with Crippen LogP contribution in [0.2, 0.25) is 0 Å². The van der Waals surface area contributed by atoms with E-state index in [1.165, 1.54) is 52.8 Å². The minimum absolute atomic E-state index is 0.0172. The molecule has 0 N–H and O–H groups in total. The number of hydrogen-bond donors (Lipinski definition) is 0. The highest BCUT2D eigenvalue weighted by Crippen LogP contribution is 2.33. The minimum Gasteiger partial charge on any atom is -0.435 e. The molecule has 27 heavy (non-hydrogen) atoms. The van der Waals surface area contributed by atoms with Crippen molar-refractivity contribution in [3.05, 3.63) is 47.3 Å². The summed E-state index contributed by atoms with van der Waals surface area (Å²) < 4.78 is 30.7. The lowest BCUT2D eigenvalue weighted by Crippen LogP contribution is -2.18. The number of hydrogen-bond acceptors (Lipinski definition) is 7. The first-order valence-corrected chi connectivity index (χ1v) is 8.65. The molecular weight excluding hydrogens is 376 g/mol. The monoisotopic (exact) mass is 389 g/mol. The average molecular weight is 389 g/mol. The number of benzene rings is 1. The second kappa shape index (κ2) is 6.54. The standard InChI is InChI=1S/C17H13F2N5O2S/c1-23(2)14-11-12-13(27-15(11)21-7-20-14)16(25)24(8-22-12)9-3-5-10(6-4-9)26-17(18)19/h3-8,17H,1-2H3. The first kappa shape index (κ1) is 17.3. The van der Waals surface area contributed by atoms with E-state index in [0.717, 1.165) is 5.39 Å². The third-order valence-electron chi connectivity index (χ3n) is 3.92. The number of anilines is 1. The van der Waals surface area contributed by atoms with Crippen LogP contribution >= 0.6 is 11.3 Å². The molecule has 10 heteroatoms. The number of fused-ring (bicyclic) bond motifs is 3. The molecule has 138 valence electrons. The molecule has 3 heterocycles. The summed E-state index contributed by atoms with van der Waals surface area (Å²) in [5.41, 5.74) is 0.765. The Morgan fingerprint density at radius 2 is 1.89 bits per heavy atom. The lowest BCUT2D eigenvalue weighted by atomic mass is 10.3. The van der Waals surface area contributed by atoms with E-state index in [0.29, 0.717) is 26.6 Å². The van der Waals surface area contributed by atoms with Gasteiger partial charge in [-0.15, -0.1) is 11.3 Å². The van der Waals surface area contributed by atoms with Gasteiger partial charge in [0.1, 0.15) is 39.3 Å². The summed E-state index contributed by atoms with van der Waals surface area (Å²) in [6.45, 7) is -2.90. The smallest absolute Gasteiger partial charge is 0.387 e. The largest absolute Gasteiger partial charge is 0.435 e. The normalized spacial score (nSPS) is 11.4. The predicted octanol–water partition coefficient (Wildman–Crippen LogP) is 3.06. The van der Waals surface area contributed by atoms with Gasteiger partial charge in [-0.25, -0.2) is 15.0 Å². The zero-order chi connectivity index (χ0) is 19.1. The Hall–Kier alpha value is -3.14. The lowest BCUT2D eigenvalue weighted by Gasteiger charge is -2.11. The molecule has 0 aliphatic rings. The van der Waals surface area contributed by atoms with Gasteiger partial charge in [0.05, 0.1) is 11.1 Å². The molecule has 0 amide bonds. The van der Waals surface area contributed by atoms with Gasteiger partial charge in [-0.2, -0.15) is 8.78 Å². The summed E-state index contributed by atoms with van der Waals surface area (Å²) in [5, 5.41) is 0.729. The predicted molar refractivity (Wildman–Crippen MR) is 99.3 cm³/mol. The van der Waals surface area contributed by atoms with E-state index in [1.54, 1.807) is 0 Å². The molecule has 0 fully saturated rings. The van der Waals surface area contributed by atoms with Gasteiger partial charge in [0.15, 0.2) is 0 Å². The fourth-order valence-electron chi connectivity index (χ4n) is 2.76. The fourth-order valence-corrected chi connectivity index (χ4v) is 3.78. The first-order chi connectivity index (χ1) is 13.0. The maximum Gasteiger partial charge on any atom is 0.387 e. The molecule has 1 aromatic carbocycles. The molecule has 0 aliphatic carbocycles. The Kier molecular flexibility index (Phi) is 4.19. The van der Waals surface area contributed by atoms with Gasteiger partial charge in [-0.1, -0.05) is 0 Å². The van der Waals surface area contributed by atoms with Gasteiger partial charge in [-0.3, -0.25) is 9.36 Å². The summed E-state index contributed by atoms with van der Waals surface area (Å²) in [6.07, 6.45) is 2.86. The third kappa shape index (κ3) is 2.97. The van der Waals surface area contributed by atoms with E-state index < -0.39 is 6.61 Å². The van der Waals surface area contributed by atoms with Gasteiger partial charge in [-0.05, 0) is 24.3 Å². The van der Waals surface area contributed by atoms with Crippen molar-refractivity contribution in [1.82, 2.24) is 19.5 Å². The van der Waals surface area contributed by atoms with Crippen LogP contribution in [0.5, 0.6) is 5.75 Å².